The van der Waals surface area contributed by atoms with E-state index in [1.807, 2.05) is 12.2 Å². The summed E-state index contributed by atoms with van der Waals surface area (Å²) >= 11 is 6.24. The normalized spacial score (nSPS) is 30.8. The first-order chi connectivity index (χ1) is 11.4. The monoisotopic (exact) mass is 454 g/mol. The number of hydrogen-bond acceptors (Lipinski definition) is 5. The number of aromatic hydroxyl groups is 2. The number of phenolic OH excluding ortho intramolecular Hbond substituents is 2. The van der Waals surface area contributed by atoms with Crippen molar-refractivity contribution in [3.63, 3.8) is 0 Å². The highest BCUT2D eigenvalue weighted by molar-refractivity contribution is 9.11. The van der Waals surface area contributed by atoms with Crippen LogP contribution in [-0.4, -0.2) is 33.3 Å². The Labute approximate surface area is 154 Å². The molecule has 2 bridgehead atoms. The van der Waals surface area contributed by atoms with Gasteiger partial charge in [0, 0.05) is 5.56 Å². The summed E-state index contributed by atoms with van der Waals surface area (Å²) in [6.45, 7) is 0. The van der Waals surface area contributed by atoms with Gasteiger partial charge in [0.1, 0.15) is 16.0 Å². The zero-order valence-electron chi connectivity index (χ0n) is 12.2. The van der Waals surface area contributed by atoms with Gasteiger partial charge in [-0.3, -0.25) is 9.59 Å². The van der Waals surface area contributed by atoms with Gasteiger partial charge in [-0.05, 0) is 56.2 Å². The van der Waals surface area contributed by atoms with Gasteiger partial charge in [0.15, 0.2) is 0 Å². The van der Waals surface area contributed by atoms with Gasteiger partial charge in [-0.15, -0.1) is 0 Å². The summed E-state index contributed by atoms with van der Waals surface area (Å²) in [6, 6.07) is 1.45. The summed E-state index contributed by atoms with van der Waals surface area (Å²) in [5.74, 6) is -1.29. The molecule has 1 aromatic rings. The summed E-state index contributed by atoms with van der Waals surface area (Å²) in [4.78, 5) is 25.0. The number of imide groups is 1. The summed E-state index contributed by atoms with van der Waals surface area (Å²) in [7, 11) is 0. The fourth-order valence-corrected chi connectivity index (χ4v) is 4.99. The van der Waals surface area contributed by atoms with Crippen molar-refractivity contribution >= 4 is 49.9 Å². The maximum absolute atomic E-state index is 12.5. The number of amides is 2. The molecule has 1 aliphatic heterocycles. The minimum atomic E-state index is -0.309. The predicted molar refractivity (Wildman–Crippen MR) is 92.3 cm³/mol. The van der Waals surface area contributed by atoms with Gasteiger partial charge in [0.2, 0.25) is 0 Å². The molecule has 0 aromatic heterocycles. The SMILES string of the molecule is O=C1[C@H]2[C@H](C(=O)N1/N=C\c1cc(Br)c(O)c(Br)c1O)[C@H]1C=C[C@H]2C1. The fraction of sp³-hybridized carbons (Fsp3) is 0.312. The Morgan fingerprint density at radius 1 is 1.08 bits per heavy atom. The van der Waals surface area contributed by atoms with Crippen LogP contribution in [0.15, 0.2) is 32.3 Å². The third kappa shape index (κ3) is 2.09. The second kappa shape index (κ2) is 5.42. The second-order valence-corrected chi connectivity index (χ2v) is 7.84. The predicted octanol–water partition coefficient (Wildman–Crippen LogP) is 2.76. The number of carbonyl (C=O) groups is 2. The molecule has 1 saturated carbocycles. The van der Waals surface area contributed by atoms with Gasteiger partial charge in [-0.25, -0.2) is 0 Å². The van der Waals surface area contributed by atoms with Crippen LogP contribution in [0.3, 0.4) is 0 Å². The highest BCUT2D eigenvalue weighted by Crippen LogP contribution is 2.52. The Balaban J connectivity index is 1.64. The molecule has 2 amide bonds. The lowest BCUT2D eigenvalue weighted by atomic mass is 9.85. The molecule has 2 N–H and O–H groups in total. The first-order valence-corrected chi connectivity index (χ1v) is 8.98. The van der Waals surface area contributed by atoms with E-state index in [1.54, 1.807) is 0 Å². The van der Waals surface area contributed by atoms with Crippen LogP contribution in [0, 0.1) is 23.7 Å². The summed E-state index contributed by atoms with van der Waals surface area (Å²) in [5, 5.41) is 24.7. The Morgan fingerprint density at radius 3 is 2.25 bits per heavy atom. The number of nitrogens with zero attached hydrogens (tertiary/aromatic N) is 2. The van der Waals surface area contributed by atoms with Crippen LogP contribution in [0.25, 0.3) is 0 Å². The smallest absolute Gasteiger partial charge is 0.254 e. The third-order valence-corrected chi connectivity index (χ3v) is 6.31. The molecule has 1 heterocycles. The quantitative estimate of drug-likeness (QED) is 0.407. The Morgan fingerprint density at radius 2 is 1.67 bits per heavy atom. The average molecular weight is 456 g/mol. The molecule has 0 radical (unpaired) electrons. The first kappa shape index (κ1) is 15.8. The van der Waals surface area contributed by atoms with E-state index in [1.165, 1.54) is 12.3 Å². The van der Waals surface area contributed by atoms with Crippen molar-refractivity contribution in [2.45, 2.75) is 6.42 Å². The maximum atomic E-state index is 12.5. The van der Waals surface area contributed by atoms with E-state index in [2.05, 4.69) is 37.0 Å². The molecule has 4 rings (SSSR count). The average Bonchev–Trinajstić information content (AvgIpc) is 3.23. The molecule has 2 fully saturated rings. The number of fused-ring (bicyclic) bond motifs is 5. The van der Waals surface area contributed by atoms with Gasteiger partial charge in [-0.1, -0.05) is 12.2 Å². The molecule has 8 heteroatoms. The van der Waals surface area contributed by atoms with Gasteiger partial charge < -0.3 is 10.2 Å². The first-order valence-electron chi connectivity index (χ1n) is 7.40. The standard InChI is InChI=1S/C16H12Br2N2O4/c17-9-4-8(13(21)12(18)14(9)22)5-19-20-15(23)10-6-1-2-7(3-6)11(10)16(20)24/h1-2,4-7,10-11,21-22H,3H2/b19-5-/t6-,7-,10+,11+/m0/s1. The summed E-state index contributed by atoms with van der Waals surface area (Å²) < 4.78 is 0.461. The highest BCUT2D eigenvalue weighted by atomic mass is 79.9. The van der Waals surface area contributed by atoms with E-state index in [-0.39, 0.29) is 57.0 Å². The van der Waals surface area contributed by atoms with Crippen LogP contribution >= 0.6 is 31.9 Å². The number of halogens is 2. The molecule has 2 aliphatic carbocycles. The number of carbonyl (C=O) groups excluding carboxylic acids is 2. The van der Waals surface area contributed by atoms with Crippen molar-refractivity contribution in [1.82, 2.24) is 5.01 Å². The van der Waals surface area contributed by atoms with E-state index in [0.717, 1.165) is 11.4 Å². The van der Waals surface area contributed by atoms with E-state index in [9.17, 15) is 19.8 Å². The summed E-state index contributed by atoms with van der Waals surface area (Å²) in [5.41, 5.74) is 0.269. The third-order valence-electron chi connectivity index (χ3n) is 4.96. The van der Waals surface area contributed by atoms with E-state index in [0.29, 0.717) is 4.47 Å². The number of rotatable bonds is 2. The van der Waals surface area contributed by atoms with Crippen molar-refractivity contribution in [2.24, 2.45) is 28.8 Å². The molecule has 6 nitrogen and oxygen atoms in total. The number of phenols is 2. The van der Waals surface area contributed by atoms with Crippen molar-refractivity contribution in [3.05, 3.63) is 32.7 Å². The molecule has 24 heavy (non-hydrogen) atoms. The van der Waals surface area contributed by atoms with Gasteiger partial charge >= 0.3 is 0 Å². The van der Waals surface area contributed by atoms with Crippen molar-refractivity contribution < 1.29 is 19.8 Å². The molecule has 1 saturated heterocycles. The molecule has 3 aliphatic rings. The van der Waals surface area contributed by atoms with Crippen LogP contribution in [-0.2, 0) is 9.59 Å². The number of hydrazone groups is 1. The molecule has 0 spiro atoms. The van der Waals surface area contributed by atoms with E-state index < -0.39 is 0 Å². The molecular weight excluding hydrogens is 444 g/mol. The second-order valence-electron chi connectivity index (χ2n) is 6.19. The number of hydrogen-bond donors (Lipinski definition) is 2. The zero-order valence-corrected chi connectivity index (χ0v) is 15.4. The molecule has 4 atom stereocenters. The Bertz CT molecular complexity index is 806. The maximum Gasteiger partial charge on any atom is 0.254 e. The van der Waals surface area contributed by atoms with E-state index in [4.69, 9.17) is 0 Å². The number of allylic oxidation sites excluding steroid dienone is 2. The van der Waals surface area contributed by atoms with Crippen LogP contribution in [0.5, 0.6) is 11.5 Å². The lowest BCUT2D eigenvalue weighted by Gasteiger charge is -2.13. The van der Waals surface area contributed by atoms with Crippen LogP contribution in [0.4, 0.5) is 0 Å². The zero-order chi connectivity index (χ0) is 17.2. The van der Waals surface area contributed by atoms with Crippen molar-refractivity contribution in [2.75, 3.05) is 0 Å². The molecule has 0 unspecified atom stereocenters. The van der Waals surface area contributed by atoms with Crippen molar-refractivity contribution in [3.8, 4) is 11.5 Å². The number of benzene rings is 1. The Hall–Kier alpha value is -1.67. The van der Waals surface area contributed by atoms with Crippen LogP contribution in [0.1, 0.15) is 12.0 Å². The van der Waals surface area contributed by atoms with Gasteiger partial charge in [0.05, 0.1) is 22.5 Å². The topological polar surface area (TPSA) is 90.2 Å². The Kier molecular flexibility index (Phi) is 3.58. The van der Waals surface area contributed by atoms with E-state index >= 15 is 0 Å². The lowest BCUT2D eigenvalue weighted by molar-refractivity contribution is -0.140. The highest BCUT2D eigenvalue weighted by Gasteiger charge is 2.59. The van der Waals surface area contributed by atoms with Crippen LogP contribution < -0.4 is 0 Å². The van der Waals surface area contributed by atoms with Gasteiger partial charge in [0.25, 0.3) is 11.8 Å². The van der Waals surface area contributed by atoms with Crippen LogP contribution in [0.2, 0.25) is 0 Å². The molecule has 124 valence electrons. The molecule has 1 aromatic carbocycles. The minimum Gasteiger partial charge on any atom is -0.506 e. The summed E-state index contributed by atoms with van der Waals surface area (Å²) in [6.07, 6.45) is 6.15. The molecular formula is C16H12Br2N2O4. The largest absolute Gasteiger partial charge is 0.506 e. The fourth-order valence-electron chi connectivity index (χ4n) is 3.84. The minimum absolute atomic E-state index is 0.108. The lowest BCUT2D eigenvalue weighted by Crippen LogP contribution is -2.28. The van der Waals surface area contributed by atoms with Gasteiger partial charge in [-0.2, -0.15) is 10.1 Å². The van der Waals surface area contributed by atoms with Crippen molar-refractivity contribution in [1.29, 1.82) is 0 Å².